The SMILES string of the molecule is Nc1ccc(S(=O)(=O)c2nnc(S(N)(=O)=O)s2)cc1. The van der Waals surface area contributed by atoms with Crippen molar-refractivity contribution in [1.82, 2.24) is 10.2 Å². The highest BCUT2D eigenvalue weighted by Gasteiger charge is 2.25. The Kier molecular flexibility index (Phi) is 3.30. The Morgan fingerprint density at radius 2 is 1.47 bits per heavy atom. The van der Waals surface area contributed by atoms with Crippen molar-refractivity contribution in [3.63, 3.8) is 0 Å². The lowest BCUT2D eigenvalue weighted by atomic mass is 10.3. The Labute approximate surface area is 113 Å². The van der Waals surface area contributed by atoms with Gasteiger partial charge in [-0.15, -0.1) is 10.2 Å². The van der Waals surface area contributed by atoms with Gasteiger partial charge in [0.1, 0.15) is 0 Å². The molecule has 2 aromatic rings. The minimum absolute atomic E-state index is 0.0566. The van der Waals surface area contributed by atoms with Crippen molar-refractivity contribution in [2.75, 3.05) is 5.73 Å². The molecule has 102 valence electrons. The monoisotopic (exact) mass is 320 g/mol. The van der Waals surface area contributed by atoms with Crippen molar-refractivity contribution in [1.29, 1.82) is 0 Å². The number of primary sulfonamides is 1. The second kappa shape index (κ2) is 4.52. The summed E-state index contributed by atoms with van der Waals surface area (Å²) in [4.78, 5) is -0.0566. The smallest absolute Gasteiger partial charge is 0.267 e. The van der Waals surface area contributed by atoms with Gasteiger partial charge in [0.2, 0.25) is 18.5 Å². The summed E-state index contributed by atoms with van der Waals surface area (Å²) in [7, 11) is -8.00. The topological polar surface area (TPSA) is 146 Å². The average molecular weight is 320 g/mol. The number of rotatable bonds is 3. The summed E-state index contributed by atoms with van der Waals surface area (Å²) < 4.78 is 45.3. The van der Waals surface area contributed by atoms with E-state index < -0.39 is 28.5 Å². The fraction of sp³-hybridized carbons (Fsp3) is 0. The molecule has 0 amide bonds. The Morgan fingerprint density at radius 3 is 1.95 bits per heavy atom. The van der Waals surface area contributed by atoms with Gasteiger partial charge in [0, 0.05) is 5.69 Å². The first kappa shape index (κ1) is 13.9. The maximum Gasteiger partial charge on any atom is 0.267 e. The molecule has 0 aliphatic carbocycles. The van der Waals surface area contributed by atoms with Gasteiger partial charge < -0.3 is 5.73 Å². The number of hydrogen-bond donors (Lipinski definition) is 2. The Bertz CT molecular complexity index is 808. The third kappa shape index (κ3) is 2.73. The third-order valence-corrected chi connectivity index (χ3v) is 6.42. The molecule has 0 unspecified atom stereocenters. The summed E-state index contributed by atoms with van der Waals surface area (Å²) in [5, 5.41) is 11.4. The van der Waals surface area contributed by atoms with Gasteiger partial charge in [-0.3, -0.25) is 0 Å². The molecule has 8 nitrogen and oxygen atoms in total. The third-order valence-electron chi connectivity index (χ3n) is 2.05. The van der Waals surface area contributed by atoms with Gasteiger partial charge in [0.15, 0.2) is 0 Å². The molecule has 0 aliphatic rings. The van der Waals surface area contributed by atoms with Crippen molar-refractivity contribution in [2.45, 2.75) is 13.6 Å². The van der Waals surface area contributed by atoms with Crippen LogP contribution in [-0.4, -0.2) is 27.0 Å². The molecule has 1 heterocycles. The van der Waals surface area contributed by atoms with Crippen LogP contribution >= 0.6 is 11.3 Å². The number of sulfonamides is 1. The number of sulfone groups is 1. The van der Waals surface area contributed by atoms with Crippen molar-refractivity contribution >= 4 is 36.9 Å². The average Bonchev–Trinajstić information content (AvgIpc) is 2.79. The number of nitrogens with two attached hydrogens (primary N) is 2. The van der Waals surface area contributed by atoms with Crippen molar-refractivity contribution in [3.8, 4) is 0 Å². The van der Waals surface area contributed by atoms with Crippen LogP contribution in [0.5, 0.6) is 0 Å². The van der Waals surface area contributed by atoms with Gasteiger partial charge in [-0.05, 0) is 24.3 Å². The normalized spacial score (nSPS) is 12.5. The lowest BCUT2D eigenvalue weighted by molar-refractivity contribution is 0.590. The predicted octanol–water partition coefficient (Wildman–Crippen LogP) is -0.399. The first-order chi connectivity index (χ1) is 8.71. The summed E-state index contributed by atoms with van der Waals surface area (Å²) in [6.07, 6.45) is 0. The summed E-state index contributed by atoms with van der Waals surface area (Å²) in [6.45, 7) is 0. The molecule has 0 saturated carbocycles. The van der Waals surface area contributed by atoms with Gasteiger partial charge >= 0.3 is 0 Å². The Hall–Kier alpha value is -1.56. The van der Waals surface area contributed by atoms with Crippen molar-refractivity contribution < 1.29 is 16.8 Å². The van der Waals surface area contributed by atoms with Crippen LogP contribution in [0.25, 0.3) is 0 Å². The fourth-order valence-electron chi connectivity index (χ4n) is 1.17. The standard InChI is InChI=1S/C8H8N4O4S3/c9-5-1-3-6(4-2-5)18(13,14)7-11-12-8(17-7)19(10,15)16/h1-4H,9H2,(H2,10,15,16). The molecule has 0 saturated heterocycles. The van der Waals surface area contributed by atoms with Crippen molar-refractivity contribution in [3.05, 3.63) is 24.3 Å². The molecule has 11 heteroatoms. The van der Waals surface area contributed by atoms with E-state index >= 15 is 0 Å². The van der Waals surface area contributed by atoms with E-state index in [0.29, 0.717) is 17.0 Å². The molecule has 0 atom stereocenters. The fourth-order valence-corrected chi connectivity index (χ4v) is 4.30. The molecule has 1 aromatic heterocycles. The number of hydrogen-bond acceptors (Lipinski definition) is 8. The maximum atomic E-state index is 12.1. The quantitative estimate of drug-likeness (QED) is 0.731. The van der Waals surface area contributed by atoms with Crippen LogP contribution in [0.2, 0.25) is 0 Å². The molecule has 19 heavy (non-hydrogen) atoms. The highest BCUT2D eigenvalue weighted by molar-refractivity contribution is 7.95. The molecular formula is C8H8N4O4S3. The van der Waals surface area contributed by atoms with Gasteiger partial charge in [0.05, 0.1) is 4.90 Å². The molecule has 1 aromatic carbocycles. The van der Waals surface area contributed by atoms with E-state index in [9.17, 15) is 16.8 Å². The molecule has 0 radical (unpaired) electrons. The van der Waals surface area contributed by atoms with Gasteiger partial charge in [-0.2, -0.15) is 0 Å². The second-order valence-electron chi connectivity index (χ2n) is 3.45. The van der Waals surface area contributed by atoms with E-state index in [1.54, 1.807) is 0 Å². The summed E-state index contributed by atoms with van der Waals surface area (Å²) in [5.41, 5.74) is 5.86. The Morgan fingerprint density at radius 1 is 0.947 bits per heavy atom. The zero-order valence-electron chi connectivity index (χ0n) is 9.22. The van der Waals surface area contributed by atoms with E-state index in [4.69, 9.17) is 10.9 Å². The maximum absolute atomic E-state index is 12.1. The molecule has 0 bridgehead atoms. The van der Waals surface area contributed by atoms with Gasteiger partial charge in [-0.25, -0.2) is 22.0 Å². The first-order valence-corrected chi connectivity index (χ1v) is 8.53. The highest BCUT2D eigenvalue weighted by atomic mass is 32.3. The zero-order valence-corrected chi connectivity index (χ0v) is 11.7. The largest absolute Gasteiger partial charge is 0.399 e. The number of benzene rings is 1. The van der Waals surface area contributed by atoms with E-state index in [2.05, 4.69) is 10.2 Å². The molecule has 0 aliphatic heterocycles. The molecule has 0 fully saturated rings. The van der Waals surface area contributed by atoms with Crippen LogP contribution in [0.1, 0.15) is 0 Å². The summed E-state index contributed by atoms with van der Waals surface area (Å²) >= 11 is 0.391. The molecule has 2 rings (SSSR count). The minimum atomic E-state index is -4.07. The molecular weight excluding hydrogens is 312 g/mol. The van der Waals surface area contributed by atoms with E-state index in [-0.39, 0.29) is 4.90 Å². The predicted molar refractivity (Wildman–Crippen MR) is 67.6 cm³/mol. The van der Waals surface area contributed by atoms with Gasteiger partial charge in [0.25, 0.3) is 10.0 Å². The minimum Gasteiger partial charge on any atom is -0.399 e. The van der Waals surface area contributed by atoms with Gasteiger partial charge in [-0.1, -0.05) is 11.3 Å². The molecule has 0 spiro atoms. The Balaban J connectivity index is 2.51. The summed E-state index contributed by atoms with van der Waals surface area (Å²) in [6, 6.07) is 5.41. The number of aromatic nitrogens is 2. The van der Waals surface area contributed by atoms with E-state index in [1.165, 1.54) is 24.3 Å². The first-order valence-electron chi connectivity index (χ1n) is 4.68. The van der Waals surface area contributed by atoms with Crippen molar-refractivity contribution in [2.24, 2.45) is 5.14 Å². The van der Waals surface area contributed by atoms with Crippen LogP contribution in [0.15, 0.2) is 37.8 Å². The van der Waals surface area contributed by atoms with E-state index in [1.807, 2.05) is 0 Å². The van der Waals surface area contributed by atoms with E-state index in [0.717, 1.165) is 0 Å². The zero-order chi connectivity index (χ0) is 14.3. The van der Waals surface area contributed by atoms with Crippen LogP contribution < -0.4 is 10.9 Å². The number of nitrogens with zero attached hydrogens (tertiary/aromatic N) is 2. The van der Waals surface area contributed by atoms with Crippen LogP contribution in [0.3, 0.4) is 0 Å². The van der Waals surface area contributed by atoms with Crippen LogP contribution in [0.4, 0.5) is 5.69 Å². The molecule has 4 N–H and O–H groups in total. The number of anilines is 1. The second-order valence-corrected chi connectivity index (χ2v) is 8.29. The highest BCUT2D eigenvalue weighted by Crippen LogP contribution is 2.25. The lowest BCUT2D eigenvalue weighted by Gasteiger charge is -2.00. The lowest BCUT2D eigenvalue weighted by Crippen LogP contribution is -2.11. The van der Waals surface area contributed by atoms with Crippen LogP contribution in [-0.2, 0) is 19.9 Å². The number of nitrogen functional groups attached to an aromatic ring is 1. The van der Waals surface area contributed by atoms with Crippen LogP contribution in [0, 0.1) is 0 Å². The summed E-state index contributed by atoms with van der Waals surface area (Å²) in [5.74, 6) is 0.